The van der Waals surface area contributed by atoms with Crippen LogP contribution >= 0.6 is 11.8 Å². The van der Waals surface area contributed by atoms with Crippen molar-refractivity contribution in [1.82, 2.24) is 0 Å². The Morgan fingerprint density at radius 2 is 1.95 bits per heavy atom. The van der Waals surface area contributed by atoms with Crippen molar-refractivity contribution in [2.45, 2.75) is 19.4 Å². The minimum atomic E-state index is -0.425. The average molecular weight is 300 g/mol. The van der Waals surface area contributed by atoms with E-state index in [1.807, 2.05) is 13.2 Å². The predicted molar refractivity (Wildman–Crippen MR) is 82.3 cm³/mol. The van der Waals surface area contributed by atoms with E-state index in [1.165, 1.54) is 20.3 Å². The standard InChI is InChI=1S/C13H20N2O4S/c1-9(5-6-20-4)14-10-7-12(18-2)13(19-3)8-11(10)15(16)17/h7-9,14H,5-6H2,1-4H3. The summed E-state index contributed by atoms with van der Waals surface area (Å²) in [5, 5.41) is 14.3. The highest BCUT2D eigenvalue weighted by Crippen LogP contribution is 2.37. The molecule has 0 aliphatic heterocycles. The number of hydrogen-bond acceptors (Lipinski definition) is 6. The van der Waals surface area contributed by atoms with Crippen LogP contribution in [0.1, 0.15) is 13.3 Å². The lowest BCUT2D eigenvalue weighted by Crippen LogP contribution is -2.17. The van der Waals surface area contributed by atoms with Crippen LogP contribution in [0.3, 0.4) is 0 Å². The smallest absolute Gasteiger partial charge is 0.296 e. The molecule has 112 valence electrons. The van der Waals surface area contributed by atoms with E-state index < -0.39 is 4.92 Å². The Kier molecular flexibility index (Phi) is 6.44. The number of nitro groups is 1. The van der Waals surface area contributed by atoms with Crippen LogP contribution in [0.5, 0.6) is 11.5 Å². The normalized spacial score (nSPS) is 11.8. The lowest BCUT2D eigenvalue weighted by Gasteiger charge is -2.16. The Bertz CT molecular complexity index is 468. The zero-order valence-corrected chi connectivity index (χ0v) is 13.0. The summed E-state index contributed by atoms with van der Waals surface area (Å²) in [4.78, 5) is 10.7. The second kappa shape index (κ2) is 7.84. The number of ether oxygens (including phenoxy) is 2. The van der Waals surface area contributed by atoms with Gasteiger partial charge < -0.3 is 14.8 Å². The summed E-state index contributed by atoms with van der Waals surface area (Å²) >= 11 is 1.75. The Hall–Kier alpha value is -1.63. The fourth-order valence-corrected chi connectivity index (χ4v) is 2.36. The van der Waals surface area contributed by atoms with Crippen LogP contribution in [0.15, 0.2) is 12.1 Å². The van der Waals surface area contributed by atoms with Crippen molar-refractivity contribution in [3.05, 3.63) is 22.2 Å². The largest absolute Gasteiger partial charge is 0.493 e. The van der Waals surface area contributed by atoms with Gasteiger partial charge in [-0.05, 0) is 25.4 Å². The van der Waals surface area contributed by atoms with Gasteiger partial charge in [0.05, 0.1) is 25.2 Å². The van der Waals surface area contributed by atoms with E-state index in [9.17, 15) is 10.1 Å². The molecule has 0 aliphatic carbocycles. The molecule has 0 bridgehead atoms. The molecule has 0 radical (unpaired) electrons. The van der Waals surface area contributed by atoms with Crippen LogP contribution < -0.4 is 14.8 Å². The fourth-order valence-electron chi connectivity index (χ4n) is 1.77. The van der Waals surface area contributed by atoms with E-state index in [-0.39, 0.29) is 11.7 Å². The fraction of sp³-hybridized carbons (Fsp3) is 0.538. The van der Waals surface area contributed by atoms with E-state index in [2.05, 4.69) is 5.32 Å². The van der Waals surface area contributed by atoms with Gasteiger partial charge in [0.1, 0.15) is 5.69 Å². The number of rotatable bonds is 8. The number of thioether (sulfide) groups is 1. The quantitative estimate of drug-likeness (QED) is 0.587. The molecule has 0 aliphatic rings. The maximum absolute atomic E-state index is 11.2. The minimum Gasteiger partial charge on any atom is -0.493 e. The van der Waals surface area contributed by atoms with E-state index >= 15 is 0 Å². The molecule has 0 saturated heterocycles. The highest BCUT2D eigenvalue weighted by molar-refractivity contribution is 7.98. The highest BCUT2D eigenvalue weighted by atomic mass is 32.2. The van der Waals surface area contributed by atoms with Crippen LogP contribution in [0, 0.1) is 10.1 Å². The summed E-state index contributed by atoms with van der Waals surface area (Å²) in [5.41, 5.74) is 0.430. The van der Waals surface area contributed by atoms with Gasteiger partial charge in [-0.25, -0.2) is 0 Å². The molecule has 0 saturated carbocycles. The van der Waals surface area contributed by atoms with Crippen molar-refractivity contribution < 1.29 is 14.4 Å². The lowest BCUT2D eigenvalue weighted by molar-refractivity contribution is -0.384. The first-order valence-corrected chi connectivity index (χ1v) is 7.58. The van der Waals surface area contributed by atoms with Crippen molar-refractivity contribution in [2.24, 2.45) is 0 Å². The molecule has 1 atom stereocenters. The number of benzene rings is 1. The van der Waals surface area contributed by atoms with Gasteiger partial charge in [0.2, 0.25) is 0 Å². The summed E-state index contributed by atoms with van der Waals surface area (Å²) < 4.78 is 10.3. The van der Waals surface area contributed by atoms with Crippen LogP contribution in [0.2, 0.25) is 0 Å². The van der Waals surface area contributed by atoms with Gasteiger partial charge in [0.25, 0.3) is 5.69 Å². The maximum atomic E-state index is 11.2. The molecular formula is C13H20N2O4S. The molecule has 0 amide bonds. The Morgan fingerprint density at radius 3 is 2.45 bits per heavy atom. The molecule has 0 heterocycles. The zero-order valence-electron chi connectivity index (χ0n) is 12.1. The van der Waals surface area contributed by atoms with Crippen molar-refractivity contribution >= 4 is 23.1 Å². The number of nitrogens with one attached hydrogen (secondary N) is 1. The summed E-state index contributed by atoms with van der Waals surface area (Å²) in [6, 6.07) is 3.12. The number of methoxy groups -OCH3 is 2. The first kappa shape index (κ1) is 16.4. The van der Waals surface area contributed by atoms with Crippen LogP contribution in [-0.4, -0.2) is 37.2 Å². The molecule has 1 unspecified atom stereocenters. The maximum Gasteiger partial charge on any atom is 0.296 e. The van der Waals surface area contributed by atoms with Gasteiger partial charge in [-0.2, -0.15) is 11.8 Å². The zero-order chi connectivity index (χ0) is 15.1. The second-order valence-corrected chi connectivity index (χ2v) is 5.29. The monoisotopic (exact) mass is 300 g/mol. The van der Waals surface area contributed by atoms with Crippen molar-refractivity contribution in [1.29, 1.82) is 0 Å². The molecule has 1 aromatic rings. The van der Waals surface area contributed by atoms with Crippen LogP contribution in [0.4, 0.5) is 11.4 Å². The van der Waals surface area contributed by atoms with E-state index in [0.717, 1.165) is 12.2 Å². The van der Waals surface area contributed by atoms with E-state index in [0.29, 0.717) is 17.2 Å². The van der Waals surface area contributed by atoms with Crippen LogP contribution in [-0.2, 0) is 0 Å². The first-order valence-electron chi connectivity index (χ1n) is 6.19. The first-order chi connectivity index (χ1) is 9.53. The molecule has 20 heavy (non-hydrogen) atoms. The van der Waals surface area contributed by atoms with Gasteiger partial charge in [-0.1, -0.05) is 0 Å². The molecule has 7 heteroatoms. The van der Waals surface area contributed by atoms with Gasteiger partial charge in [0, 0.05) is 12.1 Å². The summed E-state index contributed by atoms with van der Waals surface area (Å²) in [7, 11) is 2.96. The minimum absolute atomic E-state index is 0.0151. The summed E-state index contributed by atoms with van der Waals surface area (Å²) in [6.07, 6.45) is 2.96. The molecule has 1 rings (SSSR count). The third-order valence-corrected chi connectivity index (χ3v) is 3.50. The second-order valence-electron chi connectivity index (χ2n) is 4.31. The topological polar surface area (TPSA) is 73.6 Å². The Morgan fingerprint density at radius 1 is 1.35 bits per heavy atom. The lowest BCUT2D eigenvalue weighted by atomic mass is 10.2. The average Bonchev–Trinajstić information content (AvgIpc) is 2.44. The van der Waals surface area contributed by atoms with Crippen molar-refractivity contribution in [3.63, 3.8) is 0 Å². The Balaban J connectivity index is 3.06. The van der Waals surface area contributed by atoms with Crippen molar-refractivity contribution in [3.8, 4) is 11.5 Å². The molecule has 1 aromatic carbocycles. The highest BCUT2D eigenvalue weighted by Gasteiger charge is 2.20. The molecule has 0 aromatic heterocycles. The number of nitro benzene ring substituents is 1. The molecule has 0 fully saturated rings. The third kappa shape index (κ3) is 4.19. The molecular weight excluding hydrogens is 280 g/mol. The molecule has 6 nitrogen and oxygen atoms in total. The van der Waals surface area contributed by atoms with E-state index in [1.54, 1.807) is 17.8 Å². The number of nitrogens with zero attached hydrogens (tertiary/aromatic N) is 1. The molecule has 1 N–H and O–H groups in total. The number of anilines is 1. The number of hydrogen-bond donors (Lipinski definition) is 1. The van der Waals surface area contributed by atoms with Gasteiger partial charge in [-0.15, -0.1) is 0 Å². The summed E-state index contributed by atoms with van der Waals surface area (Å²) in [5.74, 6) is 1.81. The SMILES string of the molecule is COc1cc(NC(C)CCSC)c([N+](=O)[O-])cc1OC. The Labute approximate surface area is 123 Å². The van der Waals surface area contributed by atoms with Gasteiger partial charge in [-0.3, -0.25) is 10.1 Å². The van der Waals surface area contributed by atoms with Crippen LogP contribution in [0.25, 0.3) is 0 Å². The van der Waals surface area contributed by atoms with Crippen molar-refractivity contribution in [2.75, 3.05) is 31.5 Å². The summed E-state index contributed by atoms with van der Waals surface area (Å²) in [6.45, 7) is 2.00. The third-order valence-electron chi connectivity index (χ3n) is 2.86. The van der Waals surface area contributed by atoms with E-state index in [4.69, 9.17) is 9.47 Å². The van der Waals surface area contributed by atoms with Gasteiger partial charge in [0.15, 0.2) is 11.5 Å². The predicted octanol–water partition coefficient (Wildman–Crippen LogP) is 3.17. The van der Waals surface area contributed by atoms with Gasteiger partial charge >= 0.3 is 0 Å². The molecule has 0 spiro atoms.